The summed E-state index contributed by atoms with van der Waals surface area (Å²) in [6, 6.07) is 6.39. The summed E-state index contributed by atoms with van der Waals surface area (Å²) in [6.45, 7) is 6.15. The molecular formula is C21H25N5O3. The molecule has 3 aromatic heterocycles. The summed E-state index contributed by atoms with van der Waals surface area (Å²) < 4.78 is 11.3. The number of carbonyl (C=O) groups excluding carboxylic acids is 1. The fraction of sp³-hybridized carbons (Fsp3) is 0.524. The van der Waals surface area contributed by atoms with E-state index in [-0.39, 0.29) is 17.9 Å². The molecule has 152 valence electrons. The van der Waals surface area contributed by atoms with Crippen molar-refractivity contribution < 1.29 is 13.7 Å². The first-order valence-corrected chi connectivity index (χ1v) is 10.3. The van der Waals surface area contributed by atoms with Crippen molar-refractivity contribution in [2.24, 2.45) is 5.92 Å². The highest BCUT2D eigenvalue weighted by atomic mass is 16.5. The molecule has 8 heteroatoms. The Balaban J connectivity index is 1.25. The number of piperidine rings is 1. The Morgan fingerprint density at radius 1 is 1.07 bits per heavy atom. The fourth-order valence-electron chi connectivity index (χ4n) is 4.46. The zero-order valence-corrected chi connectivity index (χ0v) is 16.8. The minimum Gasteiger partial charge on any atom is -0.422 e. The third-order valence-electron chi connectivity index (χ3n) is 6.01. The van der Waals surface area contributed by atoms with Crippen molar-refractivity contribution in [2.45, 2.75) is 45.6 Å². The van der Waals surface area contributed by atoms with Crippen LogP contribution in [-0.4, -0.2) is 45.6 Å². The number of likely N-dealkylation sites (tertiary alicyclic amines) is 1. The van der Waals surface area contributed by atoms with Crippen molar-refractivity contribution in [3.8, 4) is 0 Å². The maximum atomic E-state index is 13.2. The molecule has 0 saturated carbocycles. The Kier molecular flexibility index (Phi) is 4.49. The van der Waals surface area contributed by atoms with Crippen molar-refractivity contribution >= 4 is 23.2 Å². The summed E-state index contributed by atoms with van der Waals surface area (Å²) >= 11 is 0. The minimum atomic E-state index is 0.0214. The van der Waals surface area contributed by atoms with Gasteiger partial charge in [0, 0.05) is 37.3 Å². The molecular weight excluding hydrogens is 370 g/mol. The quantitative estimate of drug-likeness (QED) is 0.671. The molecule has 3 aromatic rings. The third-order valence-corrected chi connectivity index (χ3v) is 6.01. The lowest BCUT2D eigenvalue weighted by molar-refractivity contribution is -0.137. The molecule has 2 aliphatic heterocycles. The molecule has 2 fully saturated rings. The normalized spacial score (nSPS) is 20.7. The highest BCUT2D eigenvalue weighted by Crippen LogP contribution is 2.35. The lowest BCUT2D eigenvalue weighted by Crippen LogP contribution is -2.42. The second kappa shape index (κ2) is 7.17. The molecule has 0 N–H and O–H groups in total. The first-order valence-electron chi connectivity index (χ1n) is 10.3. The van der Waals surface area contributed by atoms with E-state index in [0.717, 1.165) is 62.5 Å². The number of aryl methyl sites for hydroxylation is 2. The largest absolute Gasteiger partial charge is 0.422 e. The molecule has 2 saturated heterocycles. The van der Waals surface area contributed by atoms with Crippen LogP contribution in [-0.2, 0) is 4.79 Å². The molecule has 0 spiro atoms. The minimum absolute atomic E-state index is 0.0214. The summed E-state index contributed by atoms with van der Waals surface area (Å²) in [7, 11) is 0. The van der Waals surface area contributed by atoms with Crippen LogP contribution >= 0.6 is 0 Å². The van der Waals surface area contributed by atoms with E-state index in [2.05, 4.69) is 20.0 Å². The Labute approximate surface area is 168 Å². The van der Waals surface area contributed by atoms with Gasteiger partial charge >= 0.3 is 0 Å². The van der Waals surface area contributed by atoms with E-state index in [1.807, 2.05) is 36.9 Å². The molecule has 1 amide bonds. The Hall–Kier alpha value is -2.90. The van der Waals surface area contributed by atoms with Gasteiger partial charge in [0.1, 0.15) is 0 Å². The Morgan fingerprint density at radius 2 is 1.90 bits per heavy atom. The lowest BCUT2D eigenvalue weighted by Gasteiger charge is -2.33. The number of pyridine rings is 1. The van der Waals surface area contributed by atoms with Crippen molar-refractivity contribution in [1.29, 1.82) is 0 Å². The standard InChI is InChI=1S/C21H25N5O3/c1-13-5-6-17-19(22-13)23-21(28-17)25-10-7-15(8-11-25)20(27)26-9-3-4-16(26)18-12-14(2)24-29-18/h5-6,12,15-16H,3-4,7-11H2,1-2H3. The van der Waals surface area contributed by atoms with E-state index in [0.29, 0.717) is 17.2 Å². The molecule has 29 heavy (non-hydrogen) atoms. The Bertz CT molecular complexity index is 1030. The molecule has 5 rings (SSSR count). The maximum absolute atomic E-state index is 13.2. The van der Waals surface area contributed by atoms with Gasteiger partial charge in [-0.1, -0.05) is 5.16 Å². The van der Waals surface area contributed by atoms with E-state index in [4.69, 9.17) is 8.94 Å². The molecule has 5 heterocycles. The van der Waals surface area contributed by atoms with Gasteiger partial charge in [0.05, 0.1) is 11.7 Å². The van der Waals surface area contributed by atoms with E-state index >= 15 is 0 Å². The van der Waals surface area contributed by atoms with E-state index in [1.54, 1.807) is 0 Å². The van der Waals surface area contributed by atoms with Gasteiger partial charge in [0.25, 0.3) is 6.01 Å². The predicted molar refractivity (Wildman–Crippen MR) is 106 cm³/mol. The van der Waals surface area contributed by atoms with Crippen molar-refractivity contribution in [3.63, 3.8) is 0 Å². The molecule has 0 radical (unpaired) electrons. The number of aromatic nitrogens is 3. The highest BCUT2D eigenvalue weighted by molar-refractivity contribution is 5.80. The number of anilines is 1. The van der Waals surface area contributed by atoms with Crippen LogP contribution < -0.4 is 4.90 Å². The first kappa shape index (κ1) is 18.1. The van der Waals surface area contributed by atoms with Crippen LogP contribution in [0.1, 0.15) is 48.9 Å². The maximum Gasteiger partial charge on any atom is 0.299 e. The zero-order chi connectivity index (χ0) is 20.0. The summed E-state index contributed by atoms with van der Waals surface area (Å²) in [5, 5.41) is 3.99. The van der Waals surface area contributed by atoms with Gasteiger partial charge in [-0.05, 0) is 51.7 Å². The number of rotatable bonds is 3. The second-order valence-corrected chi connectivity index (χ2v) is 8.09. The van der Waals surface area contributed by atoms with Crippen LogP contribution in [0.15, 0.2) is 27.1 Å². The van der Waals surface area contributed by atoms with Gasteiger partial charge in [-0.25, -0.2) is 4.98 Å². The van der Waals surface area contributed by atoms with E-state index < -0.39 is 0 Å². The monoisotopic (exact) mass is 395 g/mol. The zero-order valence-electron chi connectivity index (χ0n) is 16.8. The number of amides is 1. The number of hydrogen-bond donors (Lipinski definition) is 0. The molecule has 0 aliphatic carbocycles. The number of hydrogen-bond acceptors (Lipinski definition) is 7. The average molecular weight is 395 g/mol. The van der Waals surface area contributed by atoms with Crippen LogP contribution in [0.4, 0.5) is 6.01 Å². The van der Waals surface area contributed by atoms with Gasteiger partial charge < -0.3 is 18.7 Å². The second-order valence-electron chi connectivity index (χ2n) is 8.09. The fourth-order valence-corrected chi connectivity index (χ4v) is 4.46. The SMILES string of the molecule is Cc1cc(C2CCCN2C(=O)C2CCN(c3nc4nc(C)ccc4o3)CC2)on1. The van der Waals surface area contributed by atoms with Crippen LogP contribution in [0.3, 0.4) is 0 Å². The molecule has 1 unspecified atom stereocenters. The molecule has 2 aliphatic rings. The van der Waals surface area contributed by atoms with Crippen LogP contribution in [0, 0.1) is 19.8 Å². The van der Waals surface area contributed by atoms with Crippen LogP contribution in [0.2, 0.25) is 0 Å². The molecule has 1 atom stereocenters. The lowest BCUT2D eigenvalue weighted by atomic mass is 9.95. The summed E-state index contributed by atoms with van der Waals surface area (Å²) in [5.74, 6) is 1.07. The van der Waals surface area contributed by atoms with Crippen LogP contribution in [0.25, 0.3) is 11.2 Å². The number of fused-ring (bicyclic) bond motifs is 1. The third kappa shape index (κ3) is 3.36. The van der Waals surface area contributed by atoms with Crippen molar-refractivity contribution in [3.05, 3.63) is 35.3 Å². The summed E-state index contributed by atoms with van der Waals surface area (Å²) in [5.41, 5.74) is 3.12. The van der Waals surface area contributed by atoms with Gasteiger partial charge in [0.2, 0.25) is 11.6 Å². The molecule has 0 bridgehead atoms. The van der Waals surface area contributed by atoms with Gasteiger partial charge in [-0.15, -0.1) is 0 Å². The Morgan fingerprint density at radius 3 is 2.66 bits per heavy atom. The smallest absolute Gasteiger partial charge is 0.299 e. The molecule has 0 aromatic carbocycles. The first-order chi connectivity index (χ1) is 14.1. The van der Waals surface area contributed by atoms with Gasteiger partial charge in [-0.3, -0.25) is 4.79 Å². The van der Waals surface area contributed by atoms with E-state index in [1.165, 1.54) is 0 Å². The highest BCUT2D eigenvalue weighted by Gasteiger charge is 2.37. The summed E-state index contributed by atoms with van der Waals surface area (Å²) in [4.78, 5) is 26.3. The number of nitrogens with zero attached hydrogens (tertiary/aromatic N) is 5. The molecule has 8 nitrogen and oxygen atoms in total. The van der Waals surface area contributed by atoms with Gasteiger partial charge in [0.15, 0.2) is 11.3 Å². The van der Waals surface area contributed by atoms with E-state index in [9.17, 15) is 4.79 Å². The average Bonchev–Trinajstić information content (AvgIpc) is 3.46. The number of carbonyl (C=O) groups is 1. The topological polar surface area (TPSA) is 88.5 Å². The van der Waals surface area contributed by atoms with Gasteiger partial charge in [-0.2, -0.15) is 4.98 Å². The van der Waals surface area contributed by atoms with Crippen molar-refractivity contribution in [2.75, 3.05) is 24.5 Å². The van der Waals surface area contributed by atoms with Crippen LogP contribution in [0.5, 0.6) is 0 Å². The predicted octanol–water partition coefficient (Wildman–Crippen LogP) is 3.41. The number of oxazole rings is 1. The summed E-state index contributed by atoms with van der Waals surface area (Å²) in [6.07, 6.45) is 3.53. The van der Waals surface area contributed by atoms with Crippen molar-refractivity contribution in [1.82, 2.24) is 20.0 Å².